The van der Waals surface area contributed by atoms with Crippen LogP contribution in [0.3, 0.4) is 0 Å². The molecule has 0 heterocycles. The lowest BCUT2D eigenvalue weighted by atomic mass is 10.1. The fraction of sp³-hybridized carbons (Fsp3) is 0.158. The van der Waals surface area contributed by atoms with Gasteiger partial charge < -0.3 is 9.47 Å². The van der Waals surface area contributed by atoms with Gasteiger partial charge in [-0.15, -0.1) is 0 Å². The van der Waals surface area contributed by atoms with Gasteiger partial charge in [0.05, 0.1) is 0 Å². The Morgan fingerprint density at radius 2 is 1.71 bits per heavy atom. The molecule has 2 nitrogen and oxygen atoms in total. The molecule has 3 aromatic carbocycles. The molecule has 0 bridgehead atoms. The maximum atomic E-state index is 6.04. The van der Waals surface area contributed by atoms with E-state index in [9.17, 15) is 0 Å². The van der Waals surface area contributed by atoms with Gasteiger partial charge in [-0.25, -0.2) is 0 Å². The molecule has 0 saturated heterocycles. The molecule has 0 fully saturated rings. The Morgan fingerprint density at radius 3 is 2.52 bits per heavy atom. The van der Waals surface area contributed by atoms with E-state index in [2.05, 4.69) is 24.3 Å². The molecule has 3 aromatic rings. The molecule has 0 spiro atoms. The van der Waals surface area contributed by atoms with Crippen LogP contribution in [0.5, 0.6) is 11.5 Å². The van der Waals surface area contributed by atoms with Gasteiger partial charge in [0, 0.05) is 17.9 Å². The Labute approximate surface area is 124 Å². The van der Waals surface area contributed by atoms with Crippen LogP contribution >= 0.6 is 0 Å². The van der Waals surface area contributed by atoms with E-state index >= 15 is 0 Å². The van der Waals surface area contributed by atoms with Crippen molar-refractivity contribution in [1.29, 1.82) is 0 Å². The lowest BCUT2D eigenvalue weighted by Gasteiger charge is -2.20. The highest BCUT2D eigenvalue weighted by molar-refractivity contribution is 5.88. The second-order valence-electron chi connectivity index (χ2n) is 4.78. The highest BCUT2D eigenvalue weighted by atomic mass is 16.7. The van der Waals surface area contributed by atoms with Gasteiger partial charge in [0.1, 0.15) is 11.5 Å². The van der Waals surface area contributed by atoms with E-state index < -0.39 is 0 Å². The van der Waals surface area contributed by atoms with Crippen LogP contribution in [0.2, 0.25) is 0 Å². The molecular formula is C19H17O2. The minimum Gasteiger partial charge on any atom is -0.454 e. The van der Waals surface area contributed by atoms with Gasteiger partial charge in [0.25, 0.3) is 0 Å². The van der Waals surface area contributed by atoms with E-state index in [1.165, 1.54) is 0 Å². The molecule has 3 rings (SSSR count). The van der Waals surface area contributed by atoms with Crippen molar-refractivity contribution in [3.8, 4) is 11.5 Å². The standard InChI is InChI=1S/C19H17O2/c1-2-19(20-16-11-4-3-5-12-16)21-18-14-8-10-15-9-6-7-13-17(15)18/h3-11,13-14,19H,2H2,1H3. The van der Waals surface area contributed by atoms with Gasteiger partial charge in [-0.3, -0.25) is 0 Å². The van der Waals surface area contributed by atoms with E-state index in [-0.39, 0.29) is 6.29 Å². The van der Waals surface area contributed by atoms with Crippen LogP contribution in [0, 0.1) is 6.07 Å². The largest absolute Gasteiger partial charge is 0.454 e. The van der Waals surface area contributed by atoms with Crippen molar-refractivity contribution in [1.82, 2.24) is 0 Å². The predicted molar refractivity (Wildman–Crippen MR) is 84.6 cm³/mol. The molecular weight excluding hydrogens is 260 g/mol. The molecule has 0 N–H and O–H groups in total. The summed E-state index contributed by atoms with van der Waals surface area (Å²) in [6.45, 7) is 2.04. The smallest absolute Gasteiger partial charge is 0.240 e. The normalized spacial score (nSPS) is 12.0. The first kappa shape index (κ1) is 13.5. The van der Waals surface area contributed by atoms with Gasteiger partial charge in [0.15, 0.2) is 0 Å². The number of fused-ring (bicyclic) bond motifs is 1. The molecule has 2 heteroatoms. The highest BCUT2D eigenvalue weighted by Gasteiger charge is 2.11. The third-order valence-electron chi connectivity index (χ3n) is 3.28. The Balaban J connectivity index is 1.82. The summed E-state index contributed by atoms with van der Waals surface area (Å²) in [6, 6.07) is 24.8. The van der Waals surface area contributed by atoms with Crippen molar-refractivity contribution in [2.45, 2.75) is 19.6 Å². The first-order valence-corrected chi connectivity index (χ1v) is 7.14. The Bertz CT molecular complexity index is 702. The summed E-state index contributed by atoms with van der Waals surface area (Å²) in [5, 5.41) is 2.26. The summed E-state index contributed by atoms with van der Waals surface area (Å²) < 4.78 is 11.9. The summed E-state index contributed by atoms with van der Waals surface area (Å²) >= 11 is 0. The van der Waals surface area contributed by atoms with Crippen LogP contribution in [0.4, 0.5) is 0 Å². The van der Waals surface area contributed by atoms with E-state index in [0.29, 0.717) is 5.75 Å². The third kappa shape index (κ3) is 3.16. The number of hydrogen-bond donors (Lipinski definition) is 0. The monoisotopic (exact) mass is 277 g/mol. The minimum atomic E-state index is -0.325. The lowest BCUT2D eigenvalue weighted by molar-refractivity contribution is 0.00428. The van der Waals surface area contributed by atoms with Crippen molar-refractivity contribution >= 4 is 10.8 Å². The average Bonchev–Trinajstić information content (AvgIpc) is 2.55. The number of benzene rings is 3. The number of rotatable bonds is 5. The quantitative estimate of drug-likeness (QED) is 0.622. The molecule has 0 aromatic heterocycles. The summed E-state index contributed by atoms with van der Waals surface area (Å²) in [5.74, 6) is 1.54. The predicted octanol–water partition coefficient (Wildman–Crippen LogP) is 4.83. The van der Waals surface area contributed by atoms with Crippen molar-refractivity contribution in [2.24, 2.45) is 0 Å². The van der Waals surface area contributed by atoms with Crippen LogP contribution < -0.4 is 9.47 Å². The molecule has 0 amide bonds. The Kier molecular flexibility index (Phi) is 4.06. The van der Waals surface area contributed by atoms with E-state index in [0.717, 1.165) is 22.9 Å². The topological polar surface area (TPSA) is 18.5 Å². The van der Waals surface area contributed by atoms with E-state index in [1.54, 1.807) is 0 Å². The van der Waals surface area contributed by atoms with Gasteiger partial charge in [0.2, 0.25) is 6.29 Å². The van der Waals surface area contributed by atoms with Gasteiger partial charge in [-0.05, 0) is 17.5 Å². The molecule has 1 radical (unpaired) electrons. The first-order chi connectivity index (χ1) is 10.4. The molecule has 1 unspecified atom stereocenters. The maximum Gasteiger partial charge on any atom is 0.240 e. The first-order valence-electron chi connectivity index (χ1n) is 7.14. The fourth-order valence-corrected chi connectivity index (χ4v) is 2.22. The van der Waals surface area contributed by atoms with Crippen molar-refractivity contribution in [2.75, 3.05) is 0 Å². The second-order valence-corrected chi connectivity index (χ2v) is 4.78. The average molecular weight is 277 g/mol. The maximum absolute atomic E-state index is 6.04. The summed E-state index contributed by atoms with van der Waals surface area (Å²) in [4.78, 5) is 0. The minimum absolute atomic E-state index is 0.325. The number of para-hydroxylation sites is 1. The zero-order chi connectivity index (χ0) is 14.5. The van der Waals surface area contributed by atoms with Gasteiger partial charge in [-0.1, -0.05) is 61.5 Å². The molecule has 105 valence electrons. The van der Waals surface area contributed by atoms with Crippen molar-refractivity contribution in [3.05, 3.63) is 72.8 Å². The van der Waals surface area contributed by atoms with Crippen LogP contribution in [0.1, 0.15) is 13.3 Å². The number of ether oxygens (including phenoxy) is 2. The van der Waals surface area contributed by atoms with Crippen LogP contribution in [0.15, 0.2) is 66.7 Å². The fourth-order valence-electron chi connectivity index (χ4n) is 2.22. The molecule has 0 aliphatic rings. The second kappa shape index (κ2) is 6.31. The Morgan fingerprint density at radius 1 is 0.905 bits per heavy atom. The number of hydrogen-bond acceptors (Lipinski definition) is 2. The summed E-state index contributed by atoms with van der Waals surface area (Å²) in [6.07, 6.45) is 0.431. The molecule has 0 aliphatic heterocycles. The third-order valence-corrected chi connectivity index (χ3v) is 3.28. The van der Waals surface area contributed by atoms with E-state index in [1.807, 2.05) is 55.5 Å². The van der Waals surface area contributed by atoms with Crippen LogP contribution in [0.25, 0.3) is 10.8 Å². The zero-order valence-electron chi connectivity index (χ0n) is 12.0. The summed E-state index contributed by atoms with van der Waals surface area (Å²) in [7, 11) is 0. The molecule has 1 atom stereocenters. The Hall–Kier alpha value is -2.48. The molecule has 0 saturated carbocycles. The molecule has 0 aliphatic carbocycles. The van der Waals surface area contributed by atoms with Crippen LogP contribution in [-0.4, -0.2) is 6.29 Å². The van der Waals surface area contributed by atoms with Gasteiger partial charge >= 0.3 is 0 Å². The SMILES string of the molecule is CCC(Oc1[c]cccc1)Oc1cccc2ccccc12. The highest BCUT2D eigenvalue weighted by Crippen LogP contribution is 2.27. The summed E-state index contributed by atoms with van der Waals surface area (Å²) in [5.41, 5.74) is 0. The van der Waals surface area contributed by atoms with Crippen molar-refractivity contribution in [3.63, 3.8) is 0 Å². The van der Waals surface area contributed by atoms with Crippen molar-refractivity contribution < 1.29 is 9.47 Å². The van der Waals surface area contributed by atoms with Gasteiger partial charge in [-0.2, -0.15) is 0 Å². The zero-order valence-corrected chi connectivity index (χ0v) is 12.0. The van der Waals surface area contributed by atoms with Crippen LogP contribution in [-0.2, 0) is 0 Å². The van der Waals surface area contributed by atoms with E-state index in [4.69, 9.17) is 9.47 Å². The molecule has 21 heavy (non-hydrogen) atoms. The lowest BCUT2D eigenvalue weighted by Crippen LogP contribution is -2.23.